The molecule has 0 spiro atoms. The molecule has 0 aliphatic carbocycles. The number of benzene rings is 3. The average Bonchev–Trinajstić information content (AvgIpc) is 3.09. The third kappa shape index (κ3) is 4.95. The maximum Gasteiger partial charge on any atom is 0.271 e. The Kier molecular flexibility index (Phi) is 6.94. The van der Waals surface area contributed by atoms with Crippen LogP contribution in [-0.4, -0.2) is 17.7 Å². The maximum atomic E-state index is 13.6. The van der Waals surface area contributed by atoms with Crippen LogP contribution >= 0.6 is 11.8 Å². The van der Waals surface area contributed by atoms with Crippen molar-refractivity contribution in [3.05, 3.63) is 92.9 Å². The molecule has 0 saturated carbocycles. The number of amides is 1. The standard InChI is InChI=1S/C29H30N2O2S/c1-7-33-26-13-10-23(14-22(26)6)17-27-28(32)31(25-12-9-19(3)21(5)16-25)29(34-27)30-24-11-8-18(2)20(4)15-24/h8-17H,7H2,1-6H3/b27-17+,30-29?. The van der Waals surface area contributed by atoms with Gasteiger partial charge in [0.25, 0.3) is 5.91 Å². The molecule has 34 heavy (non-hydrogen) atoms. The molecule has 3 aromatic carbocycles. The topological polar surface area (TPSA) is 41.9 Å². The van der Waals surface area contributed by atoms with Crippen LogP contribution in [-0.2, 0) is 4.79 Å². The number of rotatable bonds is 5. The van der Waals surface area contributed by atoms with E-state index in [1.807, 2.05) is 62.4 Å². The molecule has 1 fully saturated rings. The first-order chi connectivity index (χ1) is 16.3. The summed E-state index contributed by atoms with van der Waals surface area (Å²) in [7, 11) is 0. The van der Waals surface area contributed by atoms with Gasteiger partial charge < -0.3 is 4.74 Å². The zero-order chi connectivity index (χ0) is 24.4. The number of hydrogen-bond donors (Lipinski definition) is 0. The van der Waals surface area contributed by atoms with Gasteiger partial charge in [-0.15, -0.1) is 0 Å². The fraction of sp³-hybridized carbons (Fsp3) is 0.241. The number of anilines is 1. The molecule has 1 heterocycles. The Morgan fingerprint density at radius 1 is 0.853 bits per heavy atom. The van der Waals surface area contributed by atoms with Crippen LogP contribution in [0, 0.1) is 34.6 Å². The normalized spacial score (nSPS) is 16.1. The van der Waals surface area contributed by atoms with Gasteiger partial charge >= 0.3 is 0 Å². The lowest BCUT2D eigenvalue weighted by Crippen LogP contribution is -2.28. The Balaban J connectivity index is 1.77. The molecule has 0 bridgehead atoms. The maximum absolute atomic E-state index is 13.6. The van der Waals surface area contributed by atoms with Gasteiger partial charge in [-0.25, -0.2) is 4.99 Å². The molecule has 0 aromatic heterocycles. The Morgan fingerprint density at radius 2 is 1.56 bits per heavy atom. The predicted octanol–water partition coefficient (Wildman–Crippen LogP) is 7.44. The fourth-order valence-corrected chi connectivity index (χ4v) is 4.78. The summed E-state index contributed by atoms with van der Waals surface area (Å²) < 4.78 is 5.66. The van der Waals surface area contributed by atoms with E-state index in [9.17, 15) is 4.79 Å². The van der Waals surface area contributed by atoms with Gasteiger partial charge in [0.15, 0.2) is 5.17 Å². The largest absolute Gasteiger partial charge is 0.494 e. The molecule has 0 N–H and O–H groups in total. The molecule has 5 heteroatoms. The smallest absolute Gasteiger partial charge is 0.271 e. The summed E-state index contributed by atoms with van der Waals surface area (Å²) in [5, 5.41) is 0.658. The van der Waals surface area contributed by atoms with Crippen molar-refractivity contribution in [2.24, 2.45) is 4.99 Å². The summed E-state index contributed by atoms with van der Waals surface area (Å²) >= 11 is 1.41. The van der Waals surface area contributed by atoms with Crippen LogP contribution in [0.2, 0.25) is 0 Å². The second kappa shape index (κ2) is 9.90. The van der Waals surface area contributed by atoms with Crippen molar-refractivity contribution < 1.29 is 9.53 Å². The van der Waals surface area contributed by atoms with Gasteiger partial charge in [-0.05, 0) is 129 Å². The van der Waals surface area contributed by atoms with Crippen LogP contribution < -0.4 is 9.64 Å². The van der Waals surface area contributed by atoms with E-state index >= 15 is 0 Å². The molecular weight excluding hydrogens is 440 g/mol. The van der Waals surface area contributed by atoms with Crippen molar-refractivity contribution in [2.45, 2.75) is 41.5 Å². The number of ether oxygens (including phenoxy) is 1. The van der Waals surface area contributed by atoms with Crippen molar-refractivity contribution in [2.75, 3.05) is 11.5 Å². The first kappa shape index (κ1) is 23.8. The van der Waals surface area contributed by atoms with Crippen molar-refractivity contribution >= 4 is 40.3 Å². The minimum atomic E-state index is -0.0672. The molecule has 174 valence electrons. The summed E-state index contributed by atoms with van der Waals surface area (Å²) in [6.07, 6.45) is 1.94. The molecule has 1 aliphatic rings. The summed E-state index contributed by atoms with van der Waals surface area (Å²) in [6.45, 7) is 12.9. The predicted molar refractivity (Wildman–Crippen MR) is 144 cm³/mol. The molecule has 0 unspecified atom stereocenters. The number of aryl methyl sites for hydroxylation is 5. The molecule has 4 rings (SSSR count). The Labute approximate surface area is 206 Å². The third-order valence-electron chi connectivity index (χ3n) is 6.07. The highest BCUT2D eigenvalue weighted by molar-refractivity contribution is 8.19. The van der Waals surface area contributed by atoms with E-state index < -0.39 is 0 Å². The Hall–Kier alpha value is -3.31. The number of thioether (sulfide) groups is 1. The number of carbonyl (C=O) groups is 1. The Morgan fingerprint density at radius 3 is 2.21 bits per heavy atom. The van der Waals surface area contributed by atoms with Crippen molar-refractivity contribution in [3.63, 3.8) is 0 Å². The van der Waals surface area contributed by atoms with Crippen LogP contribution in [0.4, 0.5) is 11.4 Å². The van der Waals surface area contributed by atoms with E-state index in [0.29, 0.717) is 16.7 Å². The van der Waals surface area contributed by atoms with E-state index in [-0.39, 0.29) is 5.91 Å². The number of carbonyl (C=O) groups excluding carboxylic acids is 1. The number of aliphatic imine (C=N–C) groups is 1. The summed E-state index contributed by atoms with van der Waals surface area (Å²) in [5.74, 6) is 0.797. The minimum absolute atomic E-state index is 0.0672. The zero-order valence-corrected chi connectivity index (χ0v) is 21.4. The van der Waals surface area contributed by atoms with Crippen molar-refractivity contribution in [3.8, 4) is 5.75 Å². The molecular formula is C29H30N2O2S. The molecule has 3 aromatic rings. The van der Waals surface area contributed by atoms with Crippen molar-refractivity contribution in [1.82, 2.24) is 0 Å². The third-order valence-corrected chi connectivity index (χ3v) is 7.04. The molecule has 0 radical (unpaired) electrons. The van der Waals surface area contributed by atoms with E-state index in [0.717, 1.165) is 33.8 Å². The fourth-order valence-electron chi connectivity index (χ4n) is 3.78. The molecule has 1 amide bonds. The van der Waals surface area contributed by atoms with Gasteiger partial charge in [0.2, 0.25) is 0 Å². The van der Waals surface area contributed by atoms with Crippen LogP contribution in [0.5, 0.6) is 5.75 Å². The zero-order valence-electron chi connectivity index (χ0n) is 20.6. The summed E-state index contributed by atoms with van der Waals surface area (Å²) in [6, 6.07) is 18.2. The highest BCUT2D eigenvalue weighted by atomic mass is 32.2. The van der Waals surface area contributed by atoms with Crippen molar-refractivity contribution in [1.29, 1.82) is 0 Å². The van der Waals surface area contributed by atoms with Gasteiger partial charge in [0.05, 0.1) is 22.9 Å². The van der Waals surface area contributed by atoms with Crippen LogP contribution in [0.25, 0.3) is 6.08 Å². The number of amidine groups is 1. The summed E-state index contributed by atoms with van der Waals surface area (Å²) in [4.78, 5) is 20.9. The van der Waals surface area contributed by atoms with E-state index in [4.69, 9.17) is 9.73 Å². The van der Waals surface area contributed by atoms with E-state index in [1.54, 1.807) is 4.90 Å². The van der Waals surface area contributed by atoms with Crippen LogP contribution in [0.3, 0.4) is 0 Å². The average molecular weight is 471 g/mol. The molecule has 4 nitrogen and oxygen atoms in total. The quantitative estimate of drug-likeness (QED) is 0.364. The van der Waals surface area contributed by atoms with Gasteiger partial charge in [-0.1, -0.05) is 18.2 Å². The van der Waals surface area contributed by atoms with Crippen LogP contribution in [0.15, 0.2) is 64.5 Å². The number of hydrogen-bond acceptors (Lipinski definition) is 4. The van der Waals surface area contributed by atoms with Gasteiger partial charge in [0, 0.05) is 0 Å². The second-order valence-electron chi connectivity index (χ2n) is 8.64. The highest BCUT2D eigenvalue weighted by Gasteiger charge is 2.35. The van der Waals surface area contributed by atoms with E-state index in [2.05, 4.69) is 39.8 Å². The molecule has 1 saturated heterocycles. The van der Waals surface area contributed by atoms with Crippen LogP contribution in [0.1, 0.15) is 40.3 Å². The SMILES string of the molecule is CCOc1ccc(/C=C2/SC(=Nc3ccc(C)c(C)c3)N(c3ccc(C)c(C)c3)C2=O)cc1C. The second-order valence-corrected chi connectivity index (χ2v) is 9.65. The van der Waals surface area contributed by atoms with Gasteiger partial charge in [-0.3, -0.25) is 9.69 Å². The van der Waals surface area contributed by atoms with E-state index in [1.165, 1.54) is 28.5 Å². The lowest BCUT2D eigenvalue weighted by molar-refractivity contribution is -0.113. The summed E-state index contributed by atoms with van der Waals surface area (Å²) in [5.41, 5.74) is 8.40. The minimum Gasteiger partial charge on any atom is -0.494 e. The first-order valence-electron chi connectivity index (χ1n) is 11.5. The van der Waals surface area contributed by atoms with Gasteiger partial charge in [-0.2, -0.15) is 0 Å². The first-order valence-corrected chi connectivity index (χ1v) is 12.3. The highest BCUT2D eigenvalue weighted by Crippen LogP contribution is 2.38. The lowest BCUT2D eigenvalue weighted by Gasteiger charge is -2.17. The lowest BCUT2D eigenvalue weighted by atomic mass is 10.1. The number of nitrogens with zero attached hydrogens (tertiary/aromatic N) is 2. The monoisotopic (exact) mass is 470 g/mol. The molecule has 1 aliphatic heterocycles. The molecule has 0 atom stereocenters. The Bertz CT molecular complexity index is 1320. The van der Waals surface area contributed by atoms with Gasteiger partial charge in [0.1, 0.15) is 5.75 Å².